The van der Waals surface area contributed by atoms with E-state index in [-0.39, 0.29) is 0 Å². The van der Waals surface area contributed by atoms with Crippen LogP contribution >= 0.6 is 0 Å². The second-order valence-electron chi connectivity index (χ2n) is 7.24. The van der Waals surface area contributed by atoms with Crippen molar-refractivity contribution in [1.29, 1.82) is 0 Å². The Balaban J connectivity index is 1.75. The van der Waals surface area contributed by atoms with Crippen LogP contribution in [0, 0.1) is 19.3 Å². The number of pyridine rings is 1. The third-order valence-corrected chi connectivity index (χ3v) is 5.62. The molecule has 0 bridgehead atoms. The number of ether oxygens (including phenoxy) is 1. The molecular formula is C19H30N4O. The number of guanidine groups is 1. The number of hydrogen-bond donors (Lipinski definition) is 1. The van der Waals surface area contributed by atoms with Gasteiger partial charge < -0.3 is 15.0 Å². The van der Waals surface area contributed by atoms with Gasteiger partial charge in [-0.05, 0) is 45.4 Å². The number of nitrogens with one attached hydrogen (secondary N) is 1. The molecule has 1 N–H and O–H groups in total. The minimum Gasteiger partial charge on any atom is -0.496 e. The van der Waals surface area contributed by atoms with Gasteiger partial charge in [-0.2, -0.15) is 0 Å². The number of aryl methyl sites for hydroxylation is 1. The summed E-state index contributed by atoms with van der Waals surface area (Å²) in [7, 11) is 1.72. The van der Waals surface area contributed by atoms with E-state index in [1.807, 2.05) is 13.1 Å². The second kappa shape index (κ2) is 6.99. The molecule has 132 valence electrons. The Morgan fingerprint density at radius 3 is 2.75 bits per heavy atom. The summed E-state index contributed by atoms with van der Waals surface area (Å²) in [6, 6.07) is 0. The normalized spacial score (nSPS) is 19.5. The van der Waals surface area contributed by atoms with Crippen LogP contribution < -0.4 is 10.1 Å². The van der Waals surface area contributed by atoms with E-state index in [2.05, 4.69) is 29.0 Å². The summed E-state index contributed by atoms with van der Waals surface area (Å²) < 4.78 is 5.51. The lowest BCUT2D eigenvalue weighted by molar-refractivity contribution is 0.151. The molecule has 2 aliphatic rings. The summed E-state index contributed by atoms with van der Waals surface area (Å²) in [6.07, 6.45) is 7.36. The molecule has 24 heavy (non-hydrogen) atoms. The minimum atomic E-state index is 0.581. The lowest BCUT2D eigenvalue weighted by Crippen LogP contribution is -2.42. The van der Waals surface area contributed by atoms with Gasteiger partial charge in [0.15, 0.2) is 5.96 Å². The van der Waals surface area contributed by atoms with Gasteiger partial charge in [-0.15, -0.1) is 0 Å². The maximum Gasteiger partial charge on any atom is 0.194 e. The highest BCUT2D eigenvalue weighted by Crippen LogP contribution is 2.47. The van der Waals surface area contributed by atoms with Crippen LogP contribution in [0.4, 0.5) is 0 Å². The van der Waals surface area contributed by atoms with Gasteiger partial charge in [0.25, 0.3) is 0 Å². The largest absolute Gasteiger partial charge is 0.496 e. The van der Waals surface area contributed by atoms with E-state index in [9.17, 15) is 0 Å². The van der Waals surface area contributed by atoms with Crippen molar-refractivity contribution in [2.45, 2.75) is 53.0 Å². The number of aliphatic imine (C=N–C) groups is 1. The molecule has 5 heteroatoms. The molecule has 3 rings (SSSR count). The summed E-state index contributed by atoms with van der Waals surface area (Å²) in [5.41, 5.74) is 3.73. The molecule has 1 aliphatic carbocycles. The zero-order valence-electron chi connectivity index (χ0n) is 15.5. The van der Waals surface area contributed by atoms with Crippen LogP contribution in [-0.2, 0) is 6.54 Å². The van der Waals surface area contributed by atoms with Crippen molar-refractivity contribution < 1.29 is 4.74 Å². The predicted molar refractivity (Wildman–Crippen MR) is 97.6 cm³/mol. The molecule has 5 nitrogen and oxygen atoms in total. The summed E-state index contributed by atoms with van der Waals surface area (Å²) in [6.45, 7) is 9.98. The summed E-state index contributed by atoms with van der Waals surface area (Å²) in [5, 5.41) is 3.46. The van der Waals surface area contributed by atoms with Gasteiger partial charge in [0.05, 0.1) is 19.3 Å². The van der Waals surface area contributed by atoms with Crippen molar-refractivity contribution in [1.82, 2.24) is 15.2 Å². The first-order valence-electron chi connectivity index (χ1n) is 9.11. The van der Waals surface area contributed by atoms with Gasteiger partial charge in [0.1, 0.15) is 5.75 Å². The molecule has 1 aliphatic heterocycles. The van der Waals surface area contributed by atoms with Crippen LogP contribution in [0.1, 0.15) is 49.4 Å². The Hall–Kier alpha value is -1.78. The van der Waals surface area contributed by atoms with E-state index < -0.39 is 0 Å². The smallest absolute Gasteiger partial charge is 0.194 e. The molecule has 2 fully saturated rings. The first kappa shape index (κ1) is 17.1. The Bertz CT molecular complexity index is 622. The SMILES string of the molecule is CCNC(=NCc1ncc(C)c(OC)c1C)N1CCC2(CCC2)C1. The Morgan fingerprint density at radius 1 is 1.38 bits per heavy atom. The Kier molecular flexibility index (Phi) is 4.97. The zero-order chi connectivity index (χ0) is 17.2. The maximum atomic E-state index is 5.51. The van der Waals surface area contributed by atoms with Gasteiger partial charge in [-0.1, -0.05) is 6.42 Å². The Labute approximate surface area is 145 Å². The van der Waals surface area contributed by atoms with E-state index in [4.69, 9.17) is 9.73 Å². The molecule has 1 spiro atoms. The van der Waals surface area contributed by atoms with Gasteiger partial charge in [0.2, 0.25) is 0 Å². The van der Waals surface area contributed by atoms with Crippen molar-refractivity contribution in [2.75, 3.05) is 26.7 Å². The monoisotopic (exact) mass is 330 g/mol. The highest BCUT2D eigenvalue weighted by atomic mass is 16.5. The molecular weight excluding hydrogens is 300 g/mol. The lowest BCUT2D eigenvalue weighted by atomic mass is 9.68. The first-order chi connectivity index (χ1) is 11.6. The van der Waals surface area contributed by atoms with Crippen molar-refractivity contribution in [3.8, 4) is 5.75 Å². The third-order valence-electron chi connectivity index (χ3n) is 5.62. The molecule has 0 unspecified atom stereocenters. The number of hydrogen-bond acceptors (Lipinski definition) is 3. The highest BCUT2D eigenvalue weighted by molar-refractivity contribution is 5.80. The molecule has 0 aromatic carbocycles. The van der Waals surface area contributed by atoms with Crippen LogP contribution in [-0.4, -0.2) is 42.6 Å². The van der Waals surface area contributed by atoms with Gasteiger partial charge in [-0.25, -0.2) is 4.99 Å². The van der Waals surface area contributed by atoms with E-state index in [1.54, 1.807) is 7.11 Å². The maximum absolute atomic E-state index is 5.51. The molecule has 0 atom stereocenters. The van der Waals surface area contributed by atoms with Crippen molar-refractivity contribution >= 4 is 5.96 Å². The molecule has 0 amide bonds. The Morgan fingerprint density at radius 2 is 2.17 bits per heavy atom. The number of nitrogens with zero attached hydrogens (tertiary/aromatic N) is 3. The fourth-order valence-electron chi connectivity index (χ4n) is 4.01. The number of likely N-dealkylation sites (tertiary alicyclic amines) is 1. The average Bonchev–Trinajstić information content (AvgIpc) is 2.99. The predicted octanol–water partition coefficient (Wildman–Crippen LogP) is 3.05. The van der Waals surface area contributed by atoms with E-state index in [0.29, 0.717) is 12.0 Å². The van der Waals surface area contributed by atoms with Gasteiger partial charge >= 0.3 is 0 Å². The number of methoxy groups -OCH3 is 1. The van der Waals surface area contributed by atoms with Gasteiger partial charge in [-0.3, -0.25) is 4.98 Å². The molecule has 1 saturated carbocycles. The van der Waals surface area contributed by atoms with Crippen LogP contribution in [0.25, 0.3) is 0 Å². The summed E-state index contributed by atoms with van der Waals surface area (Å²) in [4.78, 5) is 11.9. The van der Waals surface area contributed by atoms with Gasteiger partial charge in [0, 0.05) is 37.0 Å². The van der Waals surface area contributed by atoms with Crippen LogP contribution in [0.2, 0.25) is 0 Å². The second-order valence-corrected chi connectivity index (χ2v) is 7.24. The average molecular weight is 330 g/mol. The van der Waals surface area contributed by atoms with Crippen LogP contribution in [0.15, 0.2) is 11.2 Å². The topological polar surface area (TPSA) is 49.8 Å². The highest BCUT2D eigenvalue weighted by Gasteiger charge is 2.43. The molecule has 1 aromatic rings. The third kappa shape index (κ3) is 3.21. The molecule has 2 heterocycles. The van der Waals surface area contributed by atoms with E-state index >= 15 is 0 Å². The van der Waals surface area contributed by atoms with E-state index in [0.717, 1.165) is 48.2 Å². The fraction of sp³-hybridized carbons (Fsp3) is 0.684. The first-order valence-corrected chi connectivity index (χ1v) is 9.11. The number of rotatable bonds is 4. The quantitative estimate of drug-likeness (QED) is 0.681. The fourth-order valence-corrected chi connectivity index (χ4v) is 4.01. The number of aromatic nitrogens is 1. The van der Waals surface area contributed by atoms with Crippen LogP contribution in [0.5, 0.6) is 5.75 Å². The van der Waals surface area contributed by atoms with Crippen LogP contribution in [0.3, 0.4) is 0 Å². The van der Waals surface area contributed by atoms with Crippen molar-refractivity contribution in [2.24, 2.45) is 10.4 Å². The lowest BCUT2D eigenvalue weighted by Gasteiger charge is -2.38. The summed E-state index contributed by atoms with van der Waals surface area (Å²) in [5.74, 6) is 1.96. The van der Waals surface area contributed by atoms with Crippen molar-refractivity contribution in [3.63, 3.8) is 0 Å². The van der Waals surface area contributed by atoms with Crippen molar-refractivity contribution in [3.05, 3.63) is 23.0 Å². The molecule has 1 saturated heterocycles. The molecule has 1 aromatic heterocycles. The molecule has 0 radical (unpaired) electrons. The standard InChI is InChI=1S/C19H30N4O/c1-5-20-18(23-10-9-19(13-23)7-6-8-19)22-12-16-15(3)17(24-4)14(2)11-21-16/h11H,5-10,12-13H2,1-4H3,(H,20,22). The van der Waals surface area contributed by atoms with E-state index in [1.165, 1.54) is 25.7 Å². The zero-order valence-corrected chi connectivity index (χ0v) is 15.5. The summed E-state index contributed by atoms with van der Waals surface area (Å²) >= 11 is 0. The minimum absolute atomic E-state index is 0.581.